The van der Waals surface area contributed by atoms with E-state index < -0.39 is 0 Å². The molecule has 3 nitrogen and oxygen atoms in total. The predicted molar refractivity (Wildman–Crippen MR) is 140 cm³/mol. The molecular formula is C31H25N3. The minimum atomic E-state index is 0.963. The average Bonchev–Trinajstić information content (AvgIpc) is 3.46. The van der Waals surface area contributed by atoms with Gasteiger partial charge in [-0.3, -0.25) is 4.40 Å². The van der Waals surface area contributed by atoms with Crippen molar-refractivity contribution in [2.45, 2.75) is 25.7 Å². The van der Waals surface area contributed by atoms with Gasteiger partial charge in [-0.1, -0.05) is 66.7 Å². The molecular weight excluding hydrogens is 414 g/mol. The third-order valence-corrected chi connectivity index (χ3v) is 7.13. The zero-order valence-electron chi connectivity index (χ0n) is 19.0. The Morgan fingerprint density at radius 2 is 1.47 bits per heavy atom. The van der Waals surface area contributed by atoms with Crippen molar-refractivity contribution in [3.05, 3.63) is 115 Å². The summed E-state index contributed by atoms with van der Waals surface area (Å²) in [6, 6.07) is 34.6. The van der Waals surface area contributed by atoms with Crippen LogP contribution in [-0.4, -0.2) is 14.0 Å². The molecule has 0 aliphatic heterocycles. The van der Waals surface area contributed by atoms with Crippen molar-refractivity contribution in [3.8, 4) is 28.2 Å². The van der Waals surface area contributed by atoms with Crippen molar-refractivity contribution >= 4 is 16.6 Å². The second kappa shape index (κ2) is 7.74. The van der Waals surface area contributed by atoms with E-state index in [-0.39, 0.29) is 0 Å². The van der Waals surface area contributed by atoms with E-state index in [0.29, 0.717) is 0 Å². The van der Waals surface area contributed by atoms with Crippen molar-refractivity contribution < 1.29 is 0 Å². The number of pyridine rings is 1. The largest absolute Gasteiger partial charge is 0.313 e. The standard InChI is InChI=1S/C31H25N3/c1-2-11-22(12-3-1)30-31(33-20-9-8-19-29(33)32-30)23-13-10-14-24(21-23)34-27-17-6-4-15-25(27)26-16-5-7-18-28(26)34/h1-4,6,8-15,17,19-21H,5,7,16,18H2. The maximum absolute atomic E-state index is 5.03. The van der Waals surface area contributed by atoms with Crippen molar-refractivity contribution in [1.29, 1.82) is 0 Å². The van der Waals surface area contributed by atoms with Crippen LogP contribution in [0, 0.1) is 0 Å². The second-order valence-corrected chi connectivity index (χ2v) is 9.14. The number of aryl methyl sites for hydroxylation is 1. The summed E-state index contributed by atoms with van der Waals surface area (Å²) < 4.78 is 4.71. The van der Waals surface area contributed by atoms with Crippen LogP contribution in [0.15, 0.2) is 103 Å². The molecule has 0 atom stereocenters. The highest BCUT2D eigenvalue weighted by Gasteiger charge is 2.22. The summed E-state index contributed by atoms with van der Waals surface area (Å²) in [5.74, 6) is 0. The molecule has 0 bridgehead atoms. The summed E-state index contributed by atoms with van der Waals surface area (Å²) in [6.45, 7) is 0. The van der Waals surface area contributed by atoms with Crippen LogP contribution >= 0.6 is 0 Å². The van der Waals surface area contributed by atoms with Crippen LogP contribution < -0.4 is 0 Å². The zero-order valence-corrected chi connectivity index (χ0v) is 19.0. The Kier molecular flexibility index (Phi) is 4.41. The highest BCUT2D eigenvalue weighted by molar-refractivity contribution is 5.88. The minimum absolute atomic E-state index is 0.963. The number of fused-ring (bicyclic) bond motifs is 4. The van der Waals surface area contributed by atoms with E-state index in [9.17, 15) is 0 Å². The number of hydrogen-bond acceptors (Lipinski definition) is 1. The van der Waals surface area contributed by atoms with Crippen LogP contribution in [0.5, 0.6) is 0 Å². The van der Waals surface area contributed by atoms with Gasteiger partial charge in [-0.25, -0.2) is 4.98 Å². The van der Waals surface area contributed by atoms with E-state index >= 15 is 0 Å². The van der Waals surface area contributed by atoms with Gasteiger partial charge in [0, 0.05) is 34.1 Å². The third kappa shape index (κ3) is 2.94. The zero-order chi connectivity index (χ0) is 22.5. The van der Waals surface area contributed by atoms with Gasteiger partial charge in [0.1, 0.15) is 5.65 Å². The number of para-hydroxylation sites is 1. The Bertz CT molecular complexity index is 1650. The highest BCUT2D eigenvalue weighted by atomic mass is 15.0. The summed E-state index contributed by atoms with van der Waals surface area (Å²) in [6.07, 6.45) is 6.97. The van der Waals surface area contributed by atoms with E-state index in [0.717, 1.165) is 29.0 Å². The average molecular weight is 440 g/mol. The molecule has 164 valence electrons. The van der Waals surface area contributed by atoms with E-state index in [1.54, 1.807) is 0 Å². The first-order chi connectivity index (χ1) is 16.9. The maximum atomic E-state index is 5.03. The Balaban J connectivity index is 1.48. The molecule has 3 aromatic heterocycles. The molecule has 3 heterocycles. The molecule has 0 saturated heterocycles. The Labute approximate surface area is 198 Å². The smallest absolute Gasteiger partial charge is 0.137 e. The number of aromatic nitrogens is 3. The van der Waals surface area contributed by atoms with Crippen molar-refractivity contribution in [3.63, 3.8) is 0 Å². The SMILES string of the molecule is c1ccc(-c2nc3ccccn3c2-c2cccc(-n3c4c(c5ccccc53)CCCC4)c2)cc1. The van der Waals surface area contributed by atoms with Crippen molar-refractivity contribution in [1.82, 2.24) is 14.0 Å². The van der Waals surface area contributed by atoms with Gasteiger partial charge in [-0.2, -0.15) is 0 Å². The lowest BCUT2D eigenvalue weighted by atomic mass is 9.95. The highest BCUT2D eigenvalue weighted by Crippen LogP contribution is 2.37. The van der Waals surface area contributed by atoms with Gasteiger partial charge < -0.3 is 4.57 Å². The van der Waals surface area contributed by atoms with Crippen LogP contribution in [0.25, 0.3) is 44.8 Å². The van der Waals surface area contributed by atoms with Gasteiger partial charge in [-0.05, 0) is 61.6 Å². The Hall–Kier alpha value is -4.11. The predicted octanol–water partition coefficient (Wildman–Crippen LogP) is 7.49. The number of benzene rings is 3. The van der Waals surface area contributed by atoms with Crippen LogP contribution in [0.4, 0.5) is 0 Å². The molecule has 6 aromatic rings. The minimum Gasteiger partial charge on any atom is -0.313 e. The van der Waals surface area contributed by atoms with Crippen LogP contribution in [-0.2, 0) is 12.8 Å². The summed E-state index contributed by atoms with van der Waals surface area (Å²) in [5.41, 5.74) is 11.0. The lowest BCUT2D eigenvalue weighted by Gasteiger charge is -2.17. The van der Waals surface area contributed by atoms with Gasteiger partial charge in [-0.15, -0.1) is 0 Å². The molecule has 0 fully saturated rings. The lowest BCUT2D eigenvalue weighted by molar-refractivity contribution is 0.667. The van der Waals surface area contributed by atoms with E-state index in [1.165, 1.54) is 52.7 Å². The molecule has 1 aliphatic carbocycles. The van der Waals surface area contributed by atoms with Gasteiger partial charge in [0.05, 0.1) is 16.9 Å². The first-order valence-corrected chi connectivity index (χ1v) is 12.1. The quantitative estimate of drug-likeness (QED) is 0.280. The summed E-state index contributed by atoms with van der Waals surface area (Å²) in [4.78, 5) is 5.03. The summed E-state index contributed by atoms with van der Waals surface area (Å²) in [7, 11) is 0. The number of nitrogens with zero attached hydrogens (tertiary/aromatic N) is 3. The lowest BCUT2D eigenvalue weighted by Crippen LogP contribution is -2.07. The van der Waals surface area contributed by atoms with E-state index in [2.05, 4.69) is 112 Å². The number of rotatable bonds is 3. The first-order valence-electron chi connectivity index (χ1n) is 12.1. The summed E-state index contributed by atoms with van der Waals surface area (Å²) >= 11 is 0. The number of imidazole rings is 1. The number of hydrogen-bond donors (Lipinski definition) is 0. The molecule has 0 saturated carbocycles. The van der Waals surface area contributed by atoms with Crippen LogP contribution in [0.2, 0.25) is 0 Å². The van der Waals surface area contributed by atoms with E-state index in [1.807, 2.05) is 0 Å². The monoisotopic (exact) mass is 439 g/mol. The second-order valence-electron chi connectivity index (χ2n) is 9.14. The topological polar surface area (TPSA) is 22.2 Å². The summed E-state index contributed by atoms with van der Waals surface area (Å²) in [5, 5.41) is 1.40. The van der Waals surface area contributed by atoms with E-state index in [4.69, 9.17) is 4.98 Å². The third-order valence-electron chi connectivity index (χ3n) is 7.13. The van der Waals surface area contributed by atoms with Crippen LogP contribution in [0.3, 0.4) is 0 Å². The van der Waals surface area contributed by atoms with Gasteiger partial charge >= 0.3 is 0 Å². The molecule has 1 aliphatic rings. The fraction of sp³-hybridized carbons (Fsp3) is 0.129. The fourth-order valence-corrected chi connectivity index (χ4v) is 5.65. The molecule has 3 aromatic carbocycles. The van der Waals surface area contributed by atoms with Crippen LogP contribution in [0.1, 0.15) is 24.1 Å². The van der Waals surface area contributed by atoms with Crippen molar-refractivity contribution in [2.24, 2.45) is 0 Å². The molecule has 0 N–H and O–H groups in total. The molecule has 0 unspecified atom stereocenters. The molecule has 0 radical (unpaired) electrons. The molecule has 7 rings (SSSR count). The molecule has 0 amide bonds. The fourth-order valence-electron chi connectivity index (χ4n) is 5.65. The van der Waals surface area contributed by atoms with Crippen molar-refractivity contribution in [2.75, 3.05) is 0 Å². The molecule has 3 heteroatoms. The molecule has 0 spiro atoms. The molecule has 34 heavy (non-hydrogen) atoms. The van der Waals surface area contributed by atoms with Gasteiger partial charge in [0.15, 0.2) is 0 Å². The van der Waals surface area contributed by atoms with Gasteiger partial charge in [0.2, 0.25) is 0 Å². The Morgan fingerprint density at radius 1 is 0.676 bits per heavy atom. The van der Waals surface area contributed by atoms with Gasteiger partial charge in [0.25, 0.3) is 0 Å². The first kappa shape index (κ1) is 19.4. The normalized spacial score (nSPS) is 13.4. The Morgan fingerprint density at radius 3 is 2.41 bits per heavy atom. The maximum Gasteiger partial charge on any atom is 0.137 e.